The van der Waals surface area contributed by atoms with Crippen molar-refractivity contribution >= 4 is 23.2 Å². The third-order valence-electron chi connectivity index (χ3n) is 4.49. The zero-order valence-electron chi connectivity index (χ0n) is 13.5. The van der Waals surface area contributed by atoms with Crippen molar-refractivity contribution < 1.29 is 14.4 Å². The molecule has 0 amide bonds. The maximum Gasteiger partial charge on any atom is 0.347 e. The van der Waals surface area contributed by atoms with Gasteiger partial charge in [0.2, 0.25) is 11.4 Å². The van der Waals surface area contributed by atoms with Crippen molar-refractivity contribution in [3.63, 3.8) is 0 Å². The average molecular weight is 368 g/mol. The second-order valence-electron chi connectivity index (χ2n) is 5.79. The van der Waals surface area contributed by atoms with E-state index in [1.807, 2.05) is 30.4 Å². The highest BCUT2D eigenvalue weighted by Crippen LogP contribution is 2.54. The molecule has 1 aromatic rings. The van der Waals surface area contributed by atoms with Crippen LogP contribution >= 0.6 is 11.8 Å². The number of aromatic nitrogens is 1. The van der Waals surface area contributed by atoms with Crippen LogP contribution < -0.4 is 0 Å². The Kier molecular flexibility index (Phi) is 3.55. The van der Waals surface area contributed by atoms with E-state index >= 15 is 0 Å². The van der Waals surface area contributed by atoms with E-state index in [1.54, 1.807) is 23.8 Å². The molecule has 9 heteroatoms. The summed E-state index contributed by atoms with van der Waals surface area (Å²) in [6.07, 6.45) is 11.9. The van der Waals surface area contributed by atoms with Crippen LogP contribution in [0.2, 0.25) is 0 Å². The van der Waals surface area contributed by atoms with E-state index < -0.39 is 14.7 Å². The van der Waals surface area contributed by atoms with Crippen LogP contribution in [0, 0.1) is 20.5 Å². The van der Waals surface area contributed by atoms with Crippen molar-refractivity contribution in [2.24, 2.45) is 0 Å². The molecule has 130 valence electrons. The minimum atomic E-state index is -1.27. The van der Waals surface area contributed by atoms with Gasteiger partial charge < -0.3 is 10.4 Å². The first-order valence-corrected chi connectivity index (χ1v) is 8.47. The summed E-state index contributed by atoms with van der Waals surface area (Å²) >= 11 is 1.27. The summed E-state index contributed by atoms with van der Waals surface area (Å²) in [4.78, 5) is 14.6. The molecule has 1 aliphatic heterocycles. The molecule has 0 saturated heterocycles. The highest BCUT2D eigenvalue weighted by atomic mass is 32.2. The monoisotopic (exact) mass is 368 g/mol. The Balaban J connectivity index is 2.09. The van der Waals surface area contributed by atoms with Crippen LogP contribution in [-0.4, -0.2) is 37.9 Å². The third-order valence-corrected chi connectivity index (χ3v) is 6.02. The molecule has 0 N–H and O–H groups in total. The molecular weight excluding hydrogens is 356 g/mol. The number of allylic oxidation sites excluding steroid dienone is 7. The predicted octanol–water partition coefficient (Wildman–Crippen LogP) is 2.05. The summed E-state index contributed by atoms with van der Waals surface area (Å²) in [7, 11) is 1.74. The number of fused-ring (bicyclic) bond motifs is 3. The maximum atomic E-state index is 11.9. The van der Waals surface area contributed by atoms with Crippen LogP contribution in [0.5, 0.6) is 0 Å². The molecule has 8 nitrogen and oxygen atoms in total. The van der Waals surface area contributed by atoms with E-state index in [0.29, 0.717) is 11.3 Å². The summed E-state index contributed by atoms with van der Waals surface area (Å²) < 4.78 is 1.77. The van der Waals surface area contributed by atoms with Gasteiger partial charge in [0.25, 0.3) is 0 Å². The Morgan fingerprint density at radius 1 is 1.23 bits per heavy atom. The first-order chi connectivity index (χ1) is 12.5. The minimum absolute atomic E-state index is 0.276. The number of nitrogens with zero attached hydrogens (tertiary/aromatic N) is 4. The fourth-order valence-electron chi connectivity index (χ4n) is 3.35. The fraction of sp³-hybridized carbons (Fsp3) is 0.118. The molecule has 3 aliphatic rings. The fourth-order valence-corrected chi connectivity index (χ4v) is 4.86. The topological polar surface area (TPSA) is 108 Å². The molecule has 0 aromatic carbocycles. The van der Waals surface area contributed by atoms with Crippen LogP contribution in [0.25, 0.3) is 0 Å². The molecule has 4 rings (SSSR count). The van der Waals surface area contributed by atoms with E-state index in [4.69, 9.17) is 0 Å². The Labute approximate surface area is 152 Å². The number of likely N-dealkylation sites (N-methyl/N-ethyl adjacent to an activating group) is 1. The predicted molar refractivity (Wildman–Crippen MR) is 97.2 cm³/mol. The van der Waals surface area contributed by atoms with Gasteiger partial charge in [-0.05, 0) is 30.0 Å². The second-order valence-corrected chi connectivity index (χ2v) is 7.03. The summed E-state index contributed by atoms with van der Waals surface area (Å²) in [5.41, 5.74) is 0.795. The highest BCUT2D eigenvalue weighted by Gasteiger charge is 2.65. The molecule has 0 unspecified atom stereocenters. The van der Waals surface area contributed by atoms with Crippen LogP contribution in [0.4, 0.5) is 0 Å². The summed E-state index contributed by atoms with van der Waals surface area (Å²) in [6.45, 7) is 0. The molecule has 0 fully saturated rings. The lowest BCUT2D eigenvalue weighted by Crippen LogP contribution is -2.43. The number of hydrogen-bond donors (Lipinski definition) is 0. The minimum Gasteiger partial charge on any atom is -0.612 e. The van der Waals surface area contributed by atoms with Crippen molar-refractivity contribution in [3.05, 3.63) is 97.2 Å². The molecular formula is C17H12N4O4S. The molecule has 26 heavy (non-hydrogen) atoms. The number of thioether (sulfide) groups is 1. The molecule has 1 atom stereocenters. The van der Waals surface area contributed by atoms with Gasteiger partial charge in [-0.3, -0.25) is 15.1 Å². The van der Waals surface area contributed by atoms with E-state index in [0.717, 1.165) is 16.7 Å². The van der Waals surface area contributed by atoms with Crippen molar-refractivity contribution in [2.45, 2.75) is 4.87 Å². The molecule has 1 spiro atoms. The molecule has 0 radical (unpaired) electrons. The van der Waals surface area contributed by atoms with Crippen molar-refractivity contribution in [2.75, 3.05) is 7.05 Å². The SMILES string of the molecule is C[N+]1=C2C=CC=CC=C2S[C@@]12C([N+](=O)[O-])=CC(=[N+]([O-])[O-])c1cccnc12. The van der Waals surface area contributed by atoms with Crippen LogP contribution in [-0.2, 0) is 4.87 Å². The van der Waals surface area contributed by atoms with Gasteiger partial charge in [-0.2, -0.15) is 4.90 Å². The molecule has 2 heterocycles. The maximum absolute atomic E-state index is 11.9. The van der Waals surface area contributed by atoms with E-state index in [2.05, 4.69) is 4.98 Å². The molecule has 0 saturated carbocycles. The van der Waals surface area contributed by atoms with Gasteiger partial charge in [-0.15, -0.1) is 0 Å². The van der Waals surface area contributed by atoms with Crippen LogP contribution in [0.3, 0.4) is 0 Å². The molecule has 2 aliphatic carbocycles. The number of rotatable bonds is 1. The van der Waals surface area contributed by atoms with Gasteiger partial charge in [0, 0.05) is 12.3 Å². The first kappa shape index (κ1) is 16.3. The third kappa shape index (κ3) is 2.07. The van der Waals surface area contributed by atoms with E-state index in [-0.39, 0.29) is 11.4 Å². The molecule has 1 aromatic heterocycles. The van der Waals surface area contributed by atoms with Crippen molar-refractivity contribution in [1.82, 2.24) is 4.98 Å². The molecule has 0 bridgehead atoms. The van der Waals surface area contributed by atoms with Gasteiger partial charge >= 0.3 is 10.6 Å². The average Bonchev–Trinajstić information content (AvgIpc) is 2.77. The first-order valence-electron chi connectivity index (χ1n) is 7.66. The Hall–Kier alpha value is -3.20. The van der Waals surface area contributed by atoms with Crippen LogP contribution in [0.1, 0.15) is 11.3 Å². The summed E-state index contributed by atoms with van der Waals surface area (Å²) in [5.74, 6) is 0. The summed E-state index contributed by atoms with van der Waals surface area (Å²) in [6, 6.07) is 3.17. The van der Waals surface area contributed by atoms with Crippen molar-refractivity contribution in [1.29, 1.82) is 0 Å². The zero-order chi connectivity index (χ0) is 18.5. The Morgan fingerprint density at radius 2 is 2.04 bits per heavy atom. The smallest absolute Gasteiger partial charge is 0.347 e. The number of pyridine rings is 1. The van der Waals surface area contributed by atoms with Gasteiger partial charge in [-0.1, -0.05) is 18.2 Å². The number of hydrogen-bond acceptors (Lipinski definition) is 6. The Bertz CT molecular complexity index is 1030. The quantitative estimate of drug-likeness (QED) is 0.325. The normalized spacial score (nSPS) is 23.3. The lowest BCUT2D eigenvalue weighted by molar-refractivity contribution is -0.585. The lowest BCUT2D eigenvalue weighted by Gasteiger charge is -2.26. The second kappa shape index (κ2) is 5.67. The van der Waals surface area contributed by atoms with Gasteiger partial charge in [0.05, 0.1) is 21.5 Å². The number of nitro groups is 1. The van der Waals surface area contributed by atoms with E-state index in [1.165, 1.54) is 18.0 Å². The van der Waals surface area contributed by atoms with Crippen molar-refractivity contribution in [3.8, 4) is 0 Å². The largest absolute Gasteiger partial charge is 0.612 e. The van der Waals surface area contributed by atoms with Gasteiger partial charge in [-0.25, -0.2) is 4.58 Å². The lowest BCUT2D eigenvalue weighted by atomic mass is 9.92. The van der Waals surface area contributed by atoms with Crippen LogP contribution in [0.15, 0.2) is 65.4 Å². The zero-order valence-corrected chi connectivity index (χ0v) is 14.3. The van der Waals surface area contributed by atoms with Gasteiger partial charge in [0.15, 0.2) is 0 Å². The van der Waals surface area contributed by atoms with E-state index in [9.17, 15) is 20.5 Å². The summed E-state index contributed by atoms with van der Waals surface area (Å²) in [5, 5.41) is 34.9. The highest BCUT2D eigenvalue weighted by molar-refractivity contribution is 8.05. The Morgan fingerprint density at radius 3 is 2.77 bits per heavy atom. The standard InChI is InChI=1S/C17H12N4O4S/c1-19-12-7-3-2-4-8-14(12)26-17(19)15(21(24)25)10-13(20(22)23)11-6-5-9-18-16(11)17/h2-10H,1H3/t17-/m1/s1. The van der Waals surface area contributed by atoms with Gasteiger partial charge in [0.1, 0.15) is 12.7 Å².